The van der Waals surface area contributed by atoms with Gasteiger partial charge >= 0.3 is 6.03 Å². The molecule has 0 radical (unpaired) electrons. The second-order valence-electron chi connectivity index (χ2n) is 5.75. The second-order valence-corrected chi connectivity index (χ2v) is 5.75. The predicted octanol–water partition coefficient (Wildman–Crippen LogP) is 2.41. The molecule has 1 aromatic rings. The monoisotopic (exact) mass is 312 g/mol. The number of aliphatic hydroxyl groups excluding tert-OH is 1. The smallest absolute Gasteiger partial charge is 0.317 e. The maximum atomic E-state index is 13.9. The van der Waals surface area contributed by atoms with Gasteiger partial charge in [-0.05, 0) is 31.4 Å². The average Bonchev–Trinajstić information content (AvgIpc) is 3.25. The fraction of sp³-hybridized carbons (Fsp3) is 0.562. The molecule has 0 spiro atoms. The second kappa shape index (κ2) is 7.05. The van der Waals surface area contributed by atoms with Gasteiger partial charge in [0.1, 0.15) is 11.6 Å². The normalized spacial score (nSPS) is 15.5. The molecule has 2 N–H and O–H groups in total. The molecule has 1 aliphatic rings. The lowest BCUT2D eigenvalue weighted by molar-refractivity contribution is 0.176. The van der Waals surface area contributed by atoms with Crippen LogP contribution in [0.25, 0.3) is 0 Å². The average molecular weight is 312 g/mol. The van der Waals surface area contributed by atoms with Gasteiger partial charge in [-0.15, -0.1) is 0 Å². The standard InChI is InChI=1S/C16H22F2N2O2/c1-2-8-20(9-10-21)15(22)19-11-16(6-7-16)14-12(17)4-3-5-13(14)18/h3-5,21H,2,6-11H2,1H3,(H,19,22). The number of carbonyl (C=O) groups excluding carboxylic acids is 1. The van der Waals surface area contributed by atoms with Crippen LogP contribution in [0.2, 0.25) is 0 Å². The van der Waals surface area contributed by atoms with Crippen LogP contribution in [-0.4, -0.2) is 42.3 Å². The van der Waals surface area contributed by atoms with Crippen molar-refractivity contribution in [1.29, 1.82) is 0 Å². The third-order valence-electron chi connectivity index (χ3n) is 4.08. The van der Waals surface area contributed by atoms with Crippen LogP contribution in [0.5, 0.6) is 0 Å². The highest BCUT2D eigenvalue weighted by molar-refractivity contribution is 5.74. The third kappa shape index (κ3) is 3.55. The van der Waals surface area contributed by atoms with Crippen molar-refractivity contribution in [2.45, 2.75) is 31.6 Å². The fourth-order valence-corrected chi connectivity index (χ4v) is 2.73. The largest absolute Gasteiger partial charge is 0.395 e. The van der Waals surface area contributed by atoms with E-state index in [1.807, 2.05) is 6.92 Å². The number of nitrogens with zero attached hydrogens (tertiary/aromatic N) is 1. The summed E-state index contributed by atoms with van der Waals surface area (Å²) in [6.45, 7) is 2.82. The van der Waals surface area contributed by atoms with E-state index in [-0.39, 0.29) is 31.3 Å². The van der Waals surface area contributed by atoms with Crippen LogP contribution in [0.4, 0.5) is 13.6 Å². The van der Waals surface area contributed by atoms with E-state index in [9.17, 15) is 13.6 Å². The van der Waals surface area contributed by atoms with Crippen molar-refractivity contribution in [3.63, 3.8) is 0 Å². The minimum absolute atomic E-state index is 0.0690. The van der Waals surface area contributed by atoms with Crippen LogP contribution in [0.1, 0.15) is 31.7 Å². The highest BCUT2D eigenvalue weighted by atomic mass is 19.1. The number of nitrogens with one attached hydrogen (secondary N) is 1. The van der Waals surface area contributed by atoms with E-state index in [0.717, 1.165) is 6.42 Å². The van der Waals surface area contributed by atoms with Crippen LogP contribution >= 0.6 is 0 Å². The summed E-state index contributed by atoms with van der Waals surface area (Å²) in [6, 6.07) is 3.52. The van der Waals surface area contributed by atoms with Crippen molar-refractivity contribution in [3.05, 3.63) is 35.4 Å². The quantitative estimate of drug-likeness (QED) is 0.812. The third-order valence-corrected chi connectivity index (χ3v) is 4.08. The van der Waals surface area contributed by atoms with Gasteiger partial charge < -0.3 is 15.3 Å². The SMILES string of the molecule is CCCN(CCO)C(=O)NCC1(c2c(F)cccc2F)CC1. The Kier molecular flexibility index (Phi) is 5.34. The Morgan fingerprint density at radius 3 is 2.45 bits per heavy atom. The lowest BCUT2D eigenvalue weighted by Gasteiger charge is -2.24. The molecule has 122 valence electrons. The van der Waals surface area contributed by atoms with E-state index in [2.05, 4.69) is 5.32 Å². The summed E-state index contributed by atoms with van der Waals surface area (Å²) >= 11 is 0. The first-order valence-electron chi connectivity index (χ1n) is 7.62. The summed E-state index contributed by atoms with van der Waals surface area (Å²) < 4.78 is 27.8. The molecule has 4 nitrogen and oxygen atoms in total. The summed E-state index contributed by atoms with van der Waals surface area (Å²) in [5.74, 6) is -1.12. The topological polar surface area (TPSA) is 52.6 Å². The minimum atomic E-state index is -0.637. The molecule has 2 rings (SSSR count). The molecule has 1 fully saturated rings. The molecular formula is C16H22F2N2O2. The van der Waals surface area contributed by atoms with Crippen LogP contribution in [0.3, 0.4) is 0 Å². The van der Waals surface area contributed by atoms with Crippen LogP contribution in [0.15, 0.2) is 18.2 Å². The number of hydrogen-bond acceptors (Lipinski definition) is 2. The number of hydrogen-bond donors (Lipinski definition) is 2. The van der Waals surface area contributed by atoms with Gasteiger partial charge in [0, 0.05) is 30.6 Å². The maximum Gasteiger partial charge on any atom is 0.317 e. The van der Waals surface area contributed by atoms with Gasteiger partial charge in [0.2, 0.25) is 0 Å². The van der Waals surface area contributed by atoms with Crippen molar-refractivity contribution in [1.82, 2.24) is 10.2 Å². The molecule has 2 amide bonds. The van der Waals surface area contributed by atoms with Crippen molar-refractivity contribution in [2.24, 2.45) is 0 Å². The molecule has 22 heavy (non-hydrogen) atoms. The lowest BCUT2D eigenvalue weighted by Crippen LogP contribution is -2.44. The van der Waals surface area contributed by atoms with Gasteiger partial charge in [-0.25, -0.2) is 13.6 Å². The Labute approximate surface area is 129 Å². The highest BCUT2D eigenvalue weighted by Crippen LogP contribution is 2.49. The zero-order valence-corrected chi connectivity index (χ0v) is 12.7. The number of amides is 2. The summed E-state index contributed by atoms with van der Waals surface area (Å²) in [7, 11) is 0. The highest BCUT2D eigenvalue weighted by Gasteiger charge is 2.48. The Balaban J connectivity index is 2.03. The molecule has 0 heterocycles. The lowest BCUT2D eigenvalue weighted by atomic mass is 9.94. The minimum Gasteiger partial charge on any atom is -0.395 e. The summed E-state index contributed by atoms with van der Waals surface area (Å²) in [5, 5.41) is 11.7. The molecule has 1 aromatic carbocycles. The molecule has 0 aliphatic heterocycles. The number of halogens is 2. The molecule has 0 unspecified atom stereocenters. The Bertz CT molecular complexity index is 507. The number of carbonyl (C=O) groups is 1. The van der Waals surface area contributed by atoms with Crippen LogP contribution in [-0.2, 0) is 5.41 Å². The van der Waals surface area contributed by atoms with E-state index in [1.165, 1.54) is 23.1 Å². The Hall–Kier alpha value is -1.69. The van der Waals surface area contributed by atoms with E-state index in [1.54, 1.807) is 0 Å². The molecule has 6 heteroatoms. The molecule has 0 saturated heterocycles. The number of benzene rings is 1. The first-order valence-corrected chi connectivity index (χ1v) is 7.62. The van der Waals surface area contributed by atoms with Gasteiger partial charge in [-0.3, -0.25) is 0 Å². The summed E-state index contributed by atoms with van der Waals surface area (Å²) in [6.07, 6.45) is 2.08. The van der Waals surface area contributed by atoms with Crippen molar-refractivity contribution < 1.29 is 18.7 Å². The fourth-order valence-electron chi connectivity index (χ4n) is 2.73. The van der Waals surface area contributed by atoms with E-state index in [4.69, 9.17) is 5.11 Å². The molecule has 0 bridgehead atoms. The zero-order valence-electron chi connectivity index (χ0n) is 12.7. The number of urea groups is 1. The van der Waals surface area contributed by atoms with Crippen molar-refractivity contribution in [3.8, 4) is 0 Å². The van der Waals surface area contributed by atoms with Gasteiger partial charge in [-0.1, -0.05) is 13.0 Å². The zero-order chi connectivity index (χ0) is 16.2. The van der Waals surface area contributed by atoms with E-state index < -0.39 is 17.0 Å². The van der Waals surface area contributed by atoms with Gasteiger partial charge in [0.05, 0.1) is 6.61 Å². The van der Waals surface area contributed by atoms with Crippen molar-refractivity contribution in [2.75, 3.05) is 26.2 Å². The predicted molar refractivity (Wildman–Crippen MR) is 79.6 cm³/mol. The van der Waals surface area contributed by atoms with Gasteiger partial charge in [0.25, 0.3) is 0 Å². The molecule has 1 saturated carbocycles. The van der Waals surface area contributed by atoms with E-state index in [0.29, 0.717) is 19.4 Å². The van der Waals surface area contributed by atoms with Gasteiger partial charge in [-0.2, -0.15) is 0 Å². The molecular weight excluding hydrogens is 290 g/mol. The summed E-state index contributed by atoms with van der Waals surface area (Å²) in [5.41, 5.74) is -0.568. The molecule has 0 aromatic heterocycles. The summed E-state index contributed by atoms with van der Waals surface area (Å²) in [4.78, 5) is 13.6. The Morgan fingerprint density at radius 1 is 1.32 bits per heavy atom. The maximum absolute atomic E-state index is 13.9. The van der Waals surface area contributed by atoms with E-state index >= 15 is 0 Å². The van der Waals surface area contributed by atoms with Crippen LogP contribution in [0, 0.1) is 11.6 Å². The molecule has 1 aliphatic carbocycles. The molecule has 0 atom stereocenters. The Morgan fingerprint density at radius 2 is 1.95 bits per heavy atom. The number of rotatable bonds is 7. The first kappa shape index (κ1) is 16.7. The van der Waals surface area contributed by atoms with Crippen LogP contribution < -0.4 is 5.32 Å². The number of aliphatic hydroxyl groups is 1. The first-order chi connectivity index (χ1) is 10.5. The van der Waals surface area contributed by atoms with Crippen molar-refractivity contribution >= 4 is 6.03 Å². The van der Waals surface area contributed by atoms with Gasteiger partial charge in [0.15, 0.2) is 0 Å².